The summed E-state index contributed by atoms with van der Waals surface area (Å²) in [7, 11) is 0. The largest absolute Gasteiger partial charge is 0.466 e. The van der Waals surface area contributed by atoms with Crippen molar-refractivity contribution in [1.29, 1.82) is 0 Å². The fourth-order valence-corrected chi connectivity index (χ4v) is 12.6. The van der Waals surface area contributed by atoms with E-state index in [0.717, 1.165) is 51.4 Å². The highest BCUT2D eigenvalue weighted by molar-refractivity contribution is 5.76. The predicted molar refractivity (Wildman–Crippen MR) is 384 cm³/mol. The molecule has 514 valence electrons. The van der Waals surface area contributed by atoms with Crippen LogP contribution in [0.15, 0.2) is 36.5 Å². The second-order valence-corrected chi connectivity index (χ2v) is 27.4. The summed E-state index contributed by atoms with van der Waals surface area (Å²) in [6.45, 7) is 4.91. The molecule has 0 radical (unpaired) electrons. The van der Waals surface area contributed by atoms with Gasteiger partial charge in [0.25, 0.3) is 0 Å². The quantitative estimate of drug-likeness (QED) is 0.0320. The first kappa shape index (κ1) is 85.1. The monoisotopic (exact) mass is 1220 g/mol. The first-order valence-corrected chi connectivity index (χ1v) is 39.8. The van der Waals surface area contributed by atoms with Crippen molar-refractivity contribution in [3.05, 3.63) is 36.5 Å². The van der Waals surface area contributed by atoms with Gasteiger partial charge in [-0.2, -0.15) is 0 Å². The van der Waals surface area contributed by atoms with Gasteiger partial charge in [-0.15, -0.1) is 0 Å². The fourth-order valence-electron chi connectivity index (χ4n) is 12.6. The molecule has 6 heteroatoms. The van der Waals surface area contributed by atoms with E-state index in [1.807, 2.05) is 6.08 Å². The highest BCUT2D eigenvalue weighted by Gasteiger charge is 2.18. The Morgan fingerprint density at radius 1 is 0.322 bits per heavy atom. The summed E-state index contributed by atoms with van der Waals surface area (Å²) in [5.74, 6) is -0.0499. The first-order chi connectivity index (χ1) is 43.0. The second kappa shape index (κ2) is 76.5. The lowest BCUT2D eigenvalue weighted by Gasteiger charge is -2.20. The van der Waals surface area contributed by atoms with Crippen LogP contribution in [0.2, 0.25) is 0 Å². The number of esters is 1. The Hall–Kier alpha value is -1.92. The molecule has 3 N–H and O–H groups in total. The van der Waals surface area contributed by atoms with E-state index < -0.39 is 12.1 Å². The molecule has 0 aromatic carbocycles. The van der Waals surface area contributed by atoms with Crippen molar-refractivity contribution < 1.29 is 24.5 Å². The third-order valence-corrected chi connectivity index (χ3v) is 18.7. The molecular formula is C81H155NO5. The number of carbonyl (C=O) groups is 2. The minimum absolute atomic E-state index is 0.00826. The Bertz CT molecular complexity index is 1410. The van der Waals surface area contributed by atoms with Crippen LogP contribution in [0.25, 0.3) is 0 Å². The molecule has 0 aliphatic heterocycles. The lowest BCUT2D eigenvalue weighted by Crippen LogP contribution is -2.45. The first-order valence-electron chi connectivity index (χ1n) is 39.8. The van der Waals surface area contributed by atoms with Gasteiger partial charge in [-0.25, -0.2) is 0 Å². The summed E-state index contributed by atoms with van der Waals surface area (Å²) in [6, 6.07) is -0.625. The van der Waals surface area contributed by atoms with E-state index in [2.05, 4.69) is 43.5 Å². The third-order valence-electron chi connectivity index (χ3n) is 18.7. The minimum Gasteiger partial charge on any atom is -0.466 e. The third kappa shape index (κ3) is 73.0. The molecule has 0 aromatic heterocycles. The summed E-state index contributed by atoms with van der Waals surface area (Å²) in [5, 5.41) is 23.3. The second-order valence-electron chi connectivity index (χ2n) is 27.4. The average Bonchev–Trinajstić information content (AvgIpc) is 3.52. The van der Waals surface area contributed by atoms with E-state index in [0.29, 0.717) is 19.4 Å². The average molecular weight is 1220 g/mol. The number of unbranched alkanes of at least 4 members (excludes halogenated alkanes) is 60. The van der Waals surface area contributed by atoms with Crippen LogP contribution in [0.4, 0.5) is 0 Å². The van der Waals surface area contributed by atoms with Crippen LogP contribution in [0.1, 0.15) is 444 Å². The van der Waals surface area contributed by atoms with E-state index in [1.54, 1.807) is 6.08 Å². The Kier molecular flexibility index (Phi) is 74.8. The summed E-state index contributed by atoms with van der Waals surface area (Å²) in [6.07, 6.45) is 99.9. The van der Waals surface area contributed by atoms with Gasteiger partial charge in [-0.3, -0.25) is 9.59 Å². The Morgan fingerprint density at radius 3 is 0.908 bits per heavy atom. The number of ether oxygens (including phenoxy) is 1. The highest BCUT2D eigenvalue weighted by Crippen LogP contribution is 2.20. The molecule has 2 unspecified atom stereocenters. The molecule has 0 aromatic rings. The van der Waals surface area contributed by atoms with Crippen LogP contribution in [-0.2, 0) is 14.3 Å². The smallest absolute Gasteiger partial charge is 0.305 e. The van der Waals surface area contributed by atoms with Crippen LogP contribution in [0.3, 0.4) is 0 Å². The number of carbonyl (C=O) groups excluding carboxylic acids is 2. The van der Waals surface area contributed by atoms with Crippen molar-refractivity contribution in [3.8, 4) is 0 Å². The SMILES string of the molecule is CCCC/C=C\C/C=C\CCCCCCCC(=O)OCCCCCCCCCCCCCCCCCCCCCCCCCCCCCCCCCCCCCC(=O)NC(CO)C(O)/C=C/CCCCCCCCCCCCCCCCCCCCC. The molecule has 0 bridgehead atoms. The Balaban J connectivity index is 3.34. The van der Waals surface area contributed by atoms with Crippen molar-refractivity contribution in [1.82, 2.24) is 5.32 Å². The number of rotatable bonds is 75. The number of amides is 1. The number of hydrogen-bond donors (Lipinski definition) is 3. The van der Waals surface area contributed by atoms with Gasteiger partial charge in [0.1, 0.15) is 0 Å². The summed E-state index contributed by atoms with van der Waals surface area (Å²) in [5.41, 5.74) is 0. The van der Waals surface area contributed by atoms with E-state index in [1.165, 1.54) is 366 Å². The topological polar surface area (TPSA) is 95.9 Å². The number of allylic oxidation sites excluding steroid dienone is 5. The Morgan fingerprint density at radius 2 is 0.586 bits per heavy atom. The zero-order valence-electron chi connectivity index (χ0n) is 59.0. The van der Waals surface area contributed by atoms with Gasteiger partial charge >= 0.3 is 5.97 Å². The molecule has 0 saturated carbocycles. The number of nitrogens with one attached hydrogen (secondary N) is 1. The van der Waals surface area contributed by atoms with Crippen LogP contribution in [0, 0.1) is 0 Å². The molecule has 0 rings (SSSR count). The fraction of sp³-hybridized carbons (Fsp3) is 0.901. The molecule has 0 aliphatic rings. The van der Waals surface area contributed by atoms with E-state index in [-0.39, 0.29) is 18.5 Å². The number of aliphatic hydroxyl groups is 2. The molecule has 6 nitrogen and oxygen atoms in total. The molecule has 87 heavy (non-hydrogen) atoms. The molecule has 0 saturated heterocycles. The van der Waals surface area contributed by atoms with Gasteiger partial charge < -0.3 is 20.3 Å². The Labute approximate surface area is 544 Å². The molecular weight excluding hydrogens is 1070 g/mol. The van der Waals surface area contributed by atoms with Crippen molar-refractivity contribution in [2.75, 3.05) is 13.2 Å². The van der Waals surface area contributed by atoms with Crippen molar-refractivity contribution >= 4 is 11.9 Å². The molecule has 1 amide bonds. The zero-order chi connectivity index (χ0) is 62.8. The maximum atomic E-state index is 12.5. The highest BCUT2D eigenvalue weighted by atomic mass is 16.5. The summed E-state index contributed by atoms with van der Waals surface area (Å²) >= 11 is 0. The van der Waals surface area contributed by atoms with Crippen molar-refractivity contribution in [2.24, 2.45) is 0 Å². The van der Waals surface area contributed by atoms with Gasteiger partial charge in [0.05, 0.1) is 25.4 Å². The summed E-state index contributed by atoms with van der Waals surface area (Å²) < 4.78 is 5.49. The lowest BCUT2D eigenvalue weighted by atomic mass is 10.0. The minimum atomic E-state index is -0.842. The van der Waals surface area contributed by atoms with Crippen LogP contribution < -0.4 is 5.32 Å². The lowest BCUT2D eigenvalue weighted by molar-refractivity contribution is -0.143. The molecule has 2 atom stereocenters. The molecule has 0 heterocycles. The zero-order valence-corrected chi connectivity index (χ0v) is 59.0. The van der Waals surface area contributed by atoms with Gasteiger partial charge in [0, 0.05) is 12.8 Å². The van der Waals surface area contributed by atoms with E-state index >= 15 is 0 Å². The van der Waals surface area contributed by atoms with Gasteiger partial charge in [-0.05, 0) is 57.8 Å². The number of hydrogen-bond acceptors (Lipinski definition) is 5. The van der Waals surface area contributed by atoms with Crippen molar-refractivity contribution in [2.45, 2.75) is 456 Å². The van der Waals surface area contributed by atoms with E-state index in [9.17, 15) is 19.8 Å². The molecule has 0 spiro atoms. The predicted octanol–water partition coefficient (Wildman–Crippen LogP) is 26.2. The van der Waals surface area contributed by atoms with Crippen LogP contribution in [-0.4, -0.2) is 47.4 Å². The number of aliphatic hydroxyl groups excluding tert-OH is 2. The normalized spacial score (nSPS) is 12.6. The van der Waals surface area contributed by atoms with Crippen LogP contribution >= 0.6 is 0 Å². The maximum Gasteiger partial charge on any atom is 0.305 e. The van der Waals surface area contributed by atoms with Crippen LogP contribution in [0.5, 0.6) is 0 Å². The van der Waals surface area contributed by atoms with Gasteiger partial charge in [-0.1, -0.05) is 410 Å². The molecule has 0 fully saturated rings. The molecule has 0 aliphatic carbocycles. The van der Waals surface area contributed by atoms with Gasteiger partial charge in [0.15, 0.2) is 0 Å². The summed E-state index contributed by atoms with van der Waals surface area (Å²) in [4.78, 5) is 24.6. The standard InChI is InChI=1S/C81H155NO5/c1-3-5-7-9-11-13-15-17-19-20-21-37-40-43-46-49-53-57-61-65-69-73-79(84)78(77-83)82-80(85)74-70-66-62-58-54-50-47-44-41-38-35-33-31-29-27-25-23-22-24-26-28-30-32-34-36-39-42-45-48-52-56-60-64-68-72-76-87-81(86)75-71-67-63-59-55-51-18-16-14-12-10-8-6-4-2/h10,12,16,18,69,73,78-79,83-84H,3-9,11,13-15,17,19-68,70-72,74-77H2,1-2H3,(H,82,85)/b12-10-,18-16-,73-69+. The van der Waals surface area contributed by atoms with Gasteiger partial charge in [0.2, 0.25) is 5.91 Å². The van der Waals surface area contributed by atoms with Crippen molar-refractivity contribution in [3.63, 3.8) is 0 Å². The van der Waals surface area contributed by atoms with E-state index in [4.69, 9.17) is 4.74 Å². The maximum absolute atomic E-state index is 12.5.